The van der Waals surface area contributed by atoms with E-state index in [0.717, 1.165) is 19.5 Å². The summed E-state index contributed by atoms with van der Waals surface area (Å²) in [4.78, 5) is 0.226. The van der Waals surface area contributed by atoms with E-state index < -0.39 is 9.84 Å². The van der Waals surface area contributed by atoms with Crippen molar-refractivity contribution in [2.45, 2.75) is 17.7 Å². The summed E-state index contributed by atoms with van der Waals surface area (Å²) in [6.07, 6.45) is 1.43. The molecule has 1 rings (SSSR count). The van der Waals surface area contributed by atoms with Crippen LogP contribution in [0.25, 0.3) is 0 Å². The fourth-order valence-electron chi connectivity index (χ4n) is 1.65. The van der Waals surface area contributed by atoms with E-state index in [0.29, 0.717) is 18.1 Å². The number of benzene rings is 1. The number of sulfone groups is 1. The monoisotopic (exact) mass is 305 g/mol. The third kappa shape index (κ3) is 5.91. The Balaban J connectivity index is 2.34. The third-order valence-electron chi connectivity index (χ3n) is 2.67. The lowest BCUT2D eigenvalue weighted by Crippen LogP contribution is -2.20. The fraction of sp³-hybridized carbons (Fsp3) is 0.538. The molecule has 0 spiro atoms. The minimum absolute atomic E-state index is 0.128. The molecule has 19 heavy (non-hydrogen) atoms. The van der Waals surface area contributed by atoms with Crippen LogP contribution in [-0.4, -0.2) is 41.0 Å². The van der Waals surface area contributed by atoms with Gasteiger partial charge in [0.25, 0.3) is 0 Å². The maximum absolute atomic E-state index is 12.1. The maximum atomic E-state index is 12.1. The van der Waals surface area contributed by atoms with Gasteiger partial charge in [-0.2, -0.15) is 0 Å². The molecule has 108 valence electrons. The minimum atomic E-state index is -3.27. The number of hydrogen-bond acceptors (Lipinski definition) is 4. The zero-order valence-electron chi connectivity index (χ0n) is 11.1. The molecular weight excluding hydrogens is 286 g/mol. The summed E-state index contributed by atoms with van der Waals surface area (Å²) >= 11 is 5.90. The van der Waals surface area contributed by atoms with Crippen LogP contribution in [-0.2, 0) is 14.6 Å². The van der Waals surface area contributed by atoms with Crippen molar-refractivity contribution in [1.82, 2.24) is 5.32 Å². The van der Waals surface area contributed by atoms with Crippen LogP contribution in [0.3, 0.4) is 0 Å². The normalized spacial score (nSPS) is 11.7. The van der Waals surface area contributed by atoms with Crippen LogP contribution in [0.4, 0.5) is 0 Å². The lowest BCUT2D eigenvalue weighted by molar-refractivity contribution is 0.199. The van der Waals surface area contributed by atoms with E-state index >= 15 is 0 Å². The molecule has 0 radical (unpaired) electrons. The molecule has 0 bridgehead atoms. The number of unbranched alkanes of at least 4 members (excludes halogenated alkanes) is 1. The Morgan fingerprint density at radius 1 is 1.21 bits per heavy atom. The first kappa shape index (κ1) is 16.4. The van der Waals surface area contributed by atoms with E-state index in [1.54, 1.807) is 31.4 Å². The highest BCUT2D eigenvalue weighted by Crippen LogP contribution is 2.22. The van der Waals surface area contributed by atoms with Crippen LogP contribution in [0.2, 0.25) is 5.02 Å². The molecule has 0 unspecified atom stereocenters. The molecule has 0 aromatic heterocycles. The average Bonchev–Trinajstić information content (AvgIpc) is 2.38. The van der Waals surface area contributed by atoms with Gasteiger partial charge in [-0.15, -0.1) is 0 Å². The quantitative estimate of drug-likeness (QED) is 0.710. The SMILES string of the molecule is COCCNCCCCS(=O)(=O)c1ccccc1Cl. The molecule has 1 aromatic rings. The number of ether oxygens (including phenoxy) is 1. The second-order valence-corrected chi connectivity index (χ2v) is 6.68. The number of nitrogens with one attached hydrogen (secondary N) is 1. The summed E-state index contributed by atoms with van der Waals surface area (Å²) in [5.74, 6) is 0.128. The molecule has 1 aromatic carbocycles. The summed E-state index contributed by atoms with van der Waals surface area (Å²) in [6.45, 7) is 2.24. The summed E-state index contributed by atoms with van der Waals surface area (Å²) in [5, 5.41) is 3.47. The molecule has 4 nitrogen and oxygen atoms in total. The first-order chi connectivity index (χ1) is 9.08. The van der Waals surface area contributed by atoms with Gasteiger partial charge in [-0.25, -0.2) is 8.42 Å². The number of methoxy groups -OCH3 is 1. The predicted molar refractivity (Wildman–Crippen MR) is 77.5 cm³/mol. The summed E-state index contributed by atoms with van der Waals surface area (Å²) in [5.41, 5.74) is 0. The van der Waals surface area contributed by atoms with Gasteiger partial charge in [0, 0.05) is 13.7 Å². The predicted octanol–water partition coefficient (Wildman–Crippen LogP) is 2.13. The van der Waals surface area contributed by atoms with Gasteiger partial charge in [0.15, 0.2) is 9.84 Å². The van der Waals surface area contributed by atoms with E-state index in [1.807, 2.05) is 0 Å². The zero-order valence-corrected chi connectivity index (χ0v) is 12.6. The maximum Gasteiger partial charge on any atom is 0.179 e. The lowest BCUT2D eigenvalue weighted by Gasteiger charge is -2.07. The fourth-order valence-corrected chi connectivity index (χ4v) is 3.59. The Morgan fingerprint density at radius 2 is 1.95 bits per heavy atom. The summed E-state index contributed by atoms with van der Waals surface area (Å²) in [6, 6.07) is 6.56. The Hall–Kier alpha value is -0.620. The molecule has 0 aliphatic rings. The van der Waals surface area contributed by atoms with E-state index in [2.05, 4.69) is 5.32 Å². The average molecular weight is 306 g/mol. The van der Waals surface area contributed by atoms with Gasteiger partial charge in [-0.05, 0) is 31.5 Å². The van der Waals surface area contributed by atoms with Crippen molar-refractivity contribution in [3.05, 3.63) is 29.3 Å². The summed E-state index contributed by atoms with van der Waals surface area (Å²) in [7, 11) is -1.62. The van der Waals surface area contributed by atoms with Crippen molar-refractivity contribution in [3.63, 3.8) is 0 Å². The first-order valence-electron chi connectivity index (χ1n) is 6.25. The van der Waals surface area contributed by atoms with Crippen LogP contribution < -0.4 is 5.32 Å². The molecule has 0 heterocycles. The molecule has 0 fully saturated rings. The van der Waals surface area contributed by atoms with E-state index in [4.69, 9.17) is 16.3 Å². The highest BCUT2D eigenvalue weighted by atomic mass is 35.5. The Bertz CT molecular complexity index is 477. The number of rotatable bonds is 9. The van der Waals surface area contributed by atoms with Gasteiger partial charge in [0.1, 0.15) is 0 Å². The Morgan fingerprint density at radius 3 is 2.63 bits per heavy atom. The Labute approximate surface area is 120 Å². The third-order valence-corrected chi connectivity index (χ3v) is 4.97. The van der Waals surface area contributed by atoms with Crippen LogP contribution in [0.15, 0.2) is 29.2 Å². The number of hydrogen-bond donors (Lipinski definition) is 1. The largest absolute Gasteiger partial charge is 0.383 e. The van der Waals surface area contributed by atoms with E-state index in [-0.39, 0.29) is 10.6 Å². The molecule has 0 aliphatic carbocycles. The molecule has 6 heteroatoms. The zero-order chi connectivity index (χ0) is 14.1. The second-order valence-electron chi connectivity index (χ2n) is 4.20. The van der Waals surface area contributed by atoms with Crippen molar-refractivity contribution in [2.75, 3.05) is 32.6 Å². The smallest absolute Gasteiger partial charge is 0.179 e. The van der Waals surface area contributed by atoms with Crippen LogP contribution in [0, 0.1) is 0 Å². The topological polar surface area (TPSA) is 55.4 Å². The molecule has 1 N–H and O–H groups in total. The Kier molecular flexibility index (Phi) is 7.38. The van der Waals surface area contributed by atoms with Crippen molar-refractivity contribution < 1.29 is 13.2 Å². The molecule has 0 saturated carbocycles. The molecule has 0 aliphatic heterocycles. The molecule has 0 saturated heterocycles. The van der Waals surface area contributed by atoms with E-state index in [9.17, 15) is 8.42 Å². The highest BCUT2D eigenvalue weighted by Gasteiger charge is 2.16. The molecule has 0 atom stereocenters. The van der Waals surface area contributed by atoms with Gasteiger partial charge < -0.3 is 10.1 Å². The van der Waals surface area contributed by atoms with Crippen molar-refractivity contribution in [1.29, 1.82) is 0 Å². The second kappa shape index (κ2) is 8.53. The van der Waals surface area contributed by atoms with Crippen LogP contribution in [0.5, 0.6) is 0 Å². The number of halogens is 1. The van der Waals surface area contributed by atoms with Crippen LogP contribution in [0.1, 0.15) is 12.8 Å². The van der Waals surface area contributed by atoms with Gasteiger partial charge in [-0.3, -0.25) is 0 Å². The lowest BCUT2D eigenvalue weighted by atomic mass is 10.3. The van der Waals surface area contributed by atoms with Crippen molar-refractivity contribution in [2.24, 2.45) is 0 Å². The molecule has 0 amide bonds. The van der Waals surface area contributed by atoms with Gasteiger partial charge in [0.05, 0.1) is 22.3 Å². The van der Waals surface area contributed by atoms with Gasteiger partial charge >= 0.3 is 0 Å². The summed E-state index contributed by atoms with van der Waals surface area (Å²) < 4.78 is 29.0. The van der Waals surface area contributed by atoms with Gasteiger partial charge in [0.2, 0.25) is 0 Å². The van der Waals surface area contributed by atoms with Crippen molar-refractivity contribution in [3.8, 4) is 0 Å². The molecular formula is C13H20ClNO3S. The standard InChI is InChI=1S/C13H20ClNO3S/c1-18-10-9-15-8-4-5-11-19(16,17)13-7-3-2-6-12(13)14/h2-3,6-7,15H,4-5,8-11H2,1H3. The first-order valence-corrected chi connectivity index (χ1v) is 8.28. The van der Waals surface area contributed by atoms with E-state index in [1.165, 1.54) is 0 Å². The highest BCUT2D eigenvalue weighted by molar-refractivity contribution is 7.91. The minimum Gasteiger partial charge on any atom is -0.383 e. The van der Waals surface area contributed by atoms with Gasteiger partial charge in [-0.1, -0.05) is 23.7 Å². The van der Waals surface area contributed by atoms with Crippen LogP contribution >= 0.6 is 11.6 Å². The van der Waals surface area contributed by atoms with Crippen molar-refractivity contribution >= 4 is 21.4 Å².